The largest absolute Gasteiger partial charge is 0.497 e. The molecule has 0 N–H and O–H groups in total. The van der Waals surface area contributed by atoms with Crippen molar-refractivity contribution in [3.8, 4) is 11.5 Å². The van der Waals surface area contributed by atoms with Crippen LogP contribution in [0.3, 0.4) is 0 Å². The van der Waals surface area contributed by atoms with Crippen molar-refractivity contribution >= 4 is 9.84 Å². The molecule has 0 heterocycles. The summed E-state index contributed by atoms with van der Waals surface area (Å²) in [7, 11) is -1.40. The van der Waals surface area contributed by atoms with Crippen LogP contribution in [0.5, 0.6) is 11.5 Å². The Bertz CT molecular complexity index is 594. The first-order chi connectivity index (χ1) is 10.5. The maximum Gasteiger partial charge on any atom is 0.153 e. The maximum absolute atomic E-state index is 12.1. The van der Waals surface area contributed by atoms with Crippen LogP contribution < -0.4 is 9.47 Å². The van der Waals surface area contributed by atoms with Gasteiger partial charge in [0.25, 0.3) is 0 Å². The van der Waals surface area contributed by atoms with Crippen LogP contribution in [0.1, 0.15) is 32.1 Å². The fraction of sp³-hybridized carbons (Fsp3) is 0.647. The number of hydrogen-bond acceptors (Lipinski definition) is 4. The molecule has 22 heavy (non-hydrogen) atoms. The van der Waals surface area contributed by atoms with Crippen molar-refractivity contribution in [3.05, 3.63) is 24.3 Å². The van der Waals surface area contributed by atoms with Gasteiger partial charge in [-0.1, -0.05) is 6.42 Å². The van der Waals surface area contributed by atoms with E-state index in [2.05, 4.69) is 0 Å². The monoisotopic (exact) mass is 324 g/mol. The van der Waals surface area contributed by atoms with E-state index in [1.807, 2.05) is 0 Å². The van der Waals surface area contributed by atoms with E-state index in [0.29, 0.717) is 22.8 Å². The van der Waals surface area contributed by atoms with Gasteiger partial charge in [0.2, 0.25) is 0 Å². The number of methoxy groups -OCH3 is 1. The second-order valence-electron chi connectivity index (χ2n) is 6.77. The molecule has 4 nitrogen and oxygen atoms in total. The van der Waals surface area contributed by atoms with Gasteiger partial charge in [-0.25, -0.2) is 8.42 Å². The van der Waals surface area contributed by atoms with E-state index < -0.39 is 9.84 Å². The SMILES string of the molecule is COc1ccc(OCCS(=O)(=O)CC2CC3(CCC3)C2)cc1. The van der Waals surface area contributed by atoms with E-state index in [1.54, 1.807) is 31.4 Å². The highest BCUT2D eigenvalue weighted by Gasteiger charge is 2.48. The smallest absolute Gasteiger partial charge is 0.153 e. The molecule has 122 valence electrons. The second-order valence-corrected chi connectivity index (χ2v) is 8.99. The summed E-state index contributed by atoms with van der Waals surface area (Å²) in [6.45, 7) is 0.215. The molecule has 1 spiro atoms. The van der Waals surface area contributed by atoms with Gasteiger partial charge >= 0.3 is 0 Å². The molecule has 2 aliphatic rings. The minimum absolute atomic E-state index is 0.0997. The highest BCUT2D eigenvalue weighted by atomic mass is 32.2. The third-order valence-electron chi connectivity index (χ3n) is 5.07. The Kier molecular flexibility index (Phi) is 4.35. The quantitative estimate of drug-likeness (QED) is 0.773. The molecule has 2 saturated carbocycles. The van der Waals surface area contributed by atoms with E-state index in [9.17, 15) is 8.42 Å². The van der Waals surface area contributed by atoms with Crippen LogP contribution in [0.15, 0.2) is 24.3 Å². The summed E-state index contributed by atoms with van der Waals surface area (Å²) in [5.41, 5.74) is 0.541. The van der Waals surface area contributed by atoms with Crippen molar-refractivity contribution in [1.82, 2.24) is 0 Å². The van der Waals surface area contributed by atoms with Gasteiger partial charge in [-0.3, -0.25) is 0 Å². The molecule has 0 aliphatic heterocycles. The number of benzene rings is 1. The third kappa shape index (κ3) is 3.57. The van der Waals surface area contributed by atoms with Crippen LogP contribution in [0, 0.1) is 11.3 Å². The van der Waals surface area contributed by atoms with Gasteiger partial charge in [0, 0.05) is 0 Å². The fourth-order valence-corrected chi connectivity index (χ4v) is 5.23. The summed E-state index contributed by atoms with van der Waals surface area (Å²) in [6, 6.07) is 7.18. The van der Waals surface area contributed by atoms with Crippen molar-refractivity contribution in [1.29, 1.82) is 0 Å². The zero-order valence-electron chi connectivity index (χ0n) is 13.1. The van der Waals surface area contributed by atoms with Gasteiger partial charge in [0.15, 0.2) is 9.84 Å². The summed E-state index contributed by atoms with van der Waals surface area (Å²) in [6.07, 6.45) is 6.18. The summed E-state index contributed by atoms with van der Waals surface area (Å²) in [5, 5.41) is 0. The van der Waals surface area contributed by atoms with Crippen molar-refractivity contribution in [3.63, 3.8) is 0 Å². The molecule has 0 atom stereocenters. The van der Waals surface area contributed by atoms with Crippen molar-refractivity contribution < 1.29 is 17.9 Å². The lowest BCUT2D eigenvalue weighted by Gasteiger charge is -2.54. The molecule has 5 heteroatoms. The van der Waals surface area contributed by atoms with E-state index in [-0.39, 0.29) is 12.4 Å². The Labute approximate surface area is 132 Å². The van der Waals surface area contributed by atoms with Gasteiger partial charge < -0.3 is 9.47 Å². The molecule has 3 rings (SSSR count). The maximum atomic E-state index is 12.1. The van der Waals surface area contributed by atoms with Crippen molar-refractivity contribution in [2.75, 3.05) is 25.2 Å². The van der Waals surface area contributed by atoms with Crippen LogP contribution >= 0.6 is 0 Å². The molecule has 0 unspecified atom stereocenters. The highest BCUT2D eigenvalue weighted by Crippen LogP contribution is 2.58. The number of ether oxygens (including phenoxy) is 2. The van der Waals surface area contributed by atoms with Crippen molar-refractivity contribution in [2.24, 2.45) is 11.3 Å². The first-order valence-electron chi connectivity index (χ1n) is 7.98. The minimum atomic E-state index is -3.01. The lowest BCUT2D eigenvalue weighted by atomic mass is 9.52. The Morgan fingerprint density at radius 3 is 2.32 bits per heavy atom. The van der Waals surface area contributed by atoms with Gasteiger partial charge in [-0.05, 0) is 61.3 Å². The van der Waals surface area contributed by atoms with Gasteiger partial charge in [0.05, 0.1) is 18.6 Å². The van der Waals surface area contributed by atoms with E-state index in [1.165, 1.54) is 19.3 Å². The van der Waals surface area contributed by atoms with Crippen LogP contribution in [0.25, 0.3) is 0 Å². The van der Waals surface area contributed by atoms with Crippen LogP contribution in [0.4, 0.5) is 0 Å². The molecule has 2 aliphatic carbocycles. The summed E-state index contributed by atoms with van der Waals surface area (Å²) >= 11 is 0. The normalized spacial score (nSPS) is 20.2. The van der Waals surface area contributed by atoms with Crippen LogP contribution in [-0.4, -0.2) is 33.6 Å². The summed E-state index contributed by atoms with van der Waals surface area (Å²) in [5.74, 6) is 2.25. The molecule has 0 saturated heterocycles. The number of rotatable bonds is 7. The zero-order chi connectivity index (χ0) is 15.6. The standard InChI is InChI=1S/C17H24O4S/c1-20-15-3-5-16(6-4-15)21-9-10-22(18,19)13-14-11-17(12-14)7-2-8-17/h3-6,14H,2,7-13H2,1H3. The molecule has 0 amide bonds. The zero-order valence-corrected chi connectivity index (χ0v) is 13.9. The Hall–Kier alpha value is -1.23. The lowest BCUT2D eigenvalue weighted by molar-refractivity contribution is -0.0147. The topological polar surface area (TPSA) is 52.6 Å². The molecular formula is C17H24O4S. The minimum Gasteiger partial charge on any atom is -0.497 e. The number of sulfone groups is 1. The lowest BCUT2D eigenvalue weighted by Crippen LogP contribution is -2.45. The van der Waals surface area contributed by atoms with Gasteiger partial charge in [-0.2, -0.15) is 0 Å². The molecule has 1 aromatic carbocycles. The molecule has 1 aromatic rings. The predicted octanol–water partition coefficient (Wildman–Crippen LogP) is 3.07. The second kappa shape index (κ2) is 6.11. The molecule has 2 fully saturated rings. The Morgan fingerprint density at radius 2 is 1.77 bits per heavy atom. The predicted molar refractivity (Wildman–Crippen MR) is 86.2 cm³/mol. The average molecular weight is 324 g/mol. The number of hydrogen-bond donors (Lipinski definition) is 0. The van der Waals surface area contributed by atoms with E-state index in [0.717, 1.165) is 18.6 Å². The Morgan fingerprint density at radius 1 is 1.14 bits per heavy atom. The summed E-state index contributed by atoms with van der Waals surface area (Å²) in [4.78, 5) is 0. The molecular weight excluding hydrogens is 300 g/mol. The Balaban J connectivity index is 1.40. The third-order valence-corrected chi connectivity index (χ3v) is 6.84. The van der Waals surface area contributed by atoms with Crippen LogP contribution in [-0.2, 0) is 9.84 Å². The van der Waals surface area contributed by atoms with E-state index in [4.69, 9.17) is 9.47 Å². The summed E-state index contributed by atoms with van der Waals surface area (Å²) < 4.78 is 34.9. The fourth-order valence-electron chi connectivity index (χ4n) is 3.77. The highest BCUT2D eigenvalue weighted by molar-refractivity contribution is 7.91. The van der Waals surface area contributed by atoms with Crippen LogP contribution in [0.2, 0.25) is 0 Å². The van der Waals surface area contributed by atoms with Crippen molar-refractivity contribution in [2.45, 2.75) is 32.1 Å². The van der Waals surface area contributed by atoms with E-state index >= 15 is 0 Å². The molecule has 0 radical (unpaired) electrons. The first-order valence-corrected chi connectivity index (χ1v) is 9.80. The molecule has 0 bridgehead atoms. The van der Waals surface area contributed by atoms with Gasteiger partial charge in [0.1, 0.15) is 18.1 Å². The first kappa shape index (κ1) is 15.7. The van der Waals surface area contributed by atoms with Gasteiger partial charge in [-0.15, -0.1) is 0 Å². The average Bonchev–Trinajstić information content (AvgIpc) is 2.41. The molecule has 0 aromatic heterocycles.